The first-order valence-corrected chi connectivity index (χ1v) is 14.1. The number of anilines is 2. The number of nitrogens with one attached hydrogen (secondary N) is 2. The monoisotopic (exact) mass is 681 g/mol. The molecule has 1 aliphatic heterocycles. The van der Waals surface area contributed by atoms with Gasteiger partial charge in [0.25, 0.3) is 15.9 Å². The number of alkyl halides is 8. The summed E-state index contributed by atoms with van der Waals surface area (Å²) in [4.78, 5) is 23.7. The number of aromatic nitrogens is 2. The molecule has 2 heterocycles. The van der Waals surface area contributed by atoms with E-state index in [4.69, 9.17) is 4.74 Å². The van der Waals surface area contributed by atoms with Crippen LogP contribution in [0.2, 0.25) is 0 Å². The molecule has 0 saturated heterocycles. The van der Waals surface area contributed by atoms with Gasteiger partial charge in [0.05, 0.1) is 30.2 Å². The SMILES string of the molecule is Cc1nn(C(F)F)cc1S(=O)(=O)N1c2cc(NC(=O)OC(C)(C)C(F)(F)F)ccc2OC(CNC(=O)C(C)(O)C(F)(F)F)[C@H]1C. The highest BCUT2D eigenvalue weighted by molar-refractivity contribution is 7.93. The first-order valence-electron chi connectivity index (χ1n) is 12.6. The van der Waals surface area contributed by atoms with E-state index in [2.05, 4.69) is 9.84 Å². The summed E-state index contributed by atoms with van der Waals surface area (Å²) in [5.74, 6) is -2.20. The second kappa shape index (κ2) is 11.8. The zero-order valence-electron chi connectivity index (χ0n) is 23.9. The van der Waals surface area contributed by atoms with E-state index in [1.807, 2.05) is 10.6 Å². The fourth-order valence-electron chi connectivity index (χ4n) is 3.91. The molecular weight excluding hydrogens is 654 g/mol. The molecule has 0 aliphatic carbocycles. The Bertz CT molecular complexity index is 1560. The summed E-state index contributed by atoms with van der Waals surface area (Å²) in [7, 11) is -4.88. The first-order chi connectivity index (χ1) is 20.3. The van der Waals surface area contributed by atoms with Gasteiger partial charge in [-0.25, -0.2) is 17.9 Å². The van der Waals surface area contributed by atoms with Gasteiger partial charge >= 0.3 is 25.0 Å². The largest absolute Gasteiger partial charge is 0.484 e. The number of nitrogens with zero attached hydrogens (tertiary/aromatic N) is 3. The van der Waals surface area contributed by atoms with E-state index < -0.39 is 75.7 Å². The van der Waals surface area contributed by atoms with Crippen molar-refractivity contribution in [2.24, 2.45) is 0 Å². The van der Waals surface area contributed by atoms with Gasteiger partial charge in [-0.1, -0.05) is 0 Å². The van der Waals surface area contributed by atoms with Crippen LogP contribution in [0.5, 0.6) is 5.75 Å². The zero-order valence-corrected chi connectivity index (χ0v) is 24.7. The van der Waals surface area contributed by atoms with Crippen molar-refractivity contribution in [2.45, 2.75) is 81.8 Å². The summed E-state index contributed by atoms with van der Waals surface area (Å²) in [5.41, 5.74) is -7.82. The number of amides is 2. The van der Waals surface area contributed by atoms with Crippen LogP contribution in [-0.2, 0) is 19.6 Å². The number of carbonyl (C=O) groups excluding carboxylic acids is 2. The van der Waals surface area contributed by atoms with Crippen molar-refractivity contribution in [3.63, 3.8) is 0 Å². The molecule has 0 radical (unpaired) electrons. The number of carbonyl (C=O) groups is 2. The van der Waals surface area contributed by atoms with E-state index in [-0.39, 0.29) is 34.4 Å². The van der Waals surface area contributed by atoms with Crippen molar-refractivity contribution >= 4 is 33.4 Å². The Morgan fingerprint density at radius 3 is 2.22 bits per heavy atom. The van der Waals surface area contributed by atoms with E-state index in [1.54, 1.807) is 0 Å². The molecule has 3 rings (SSSR count). The van der Waals surface area contributed by atoms with Gasteiger partial charge < -0.3 is 19.9 Å². The van der Waals surface area contributed by atoms with Gasteiger partial charge in [-0.05, 0) is 52.8 Å². The van der Waals surface area contributed by atoms with Crippen LogP contribution in [0, 0.1) is 6.92 Å². The summed E-state index contributed by atoms with van der Waals surface area (Å²) in [5, 5.41) is 17.0. The molecule has 1 aromatic heterocycles. The third kappa shape index (κ3) is 7.02. The van der Waals surface area contributed by atoms with E-state index in [0.29, 0.717) is 24.3 Å². The van der Waals surface area contributed by atoms with Gasteiger partial charge in [0.2, 0.25) is 11.2 Å². The second-order valence-electron chi connectivity index (χ2n) is 10.5. The number of sulfonamides is 1. The number of hydrogen-bond acceptors (Lipinski definition) is 8. The highest BCUT2D eigenvalue weighted by Gasteiger charge is 2.56. The predicted octanol–water partition coefficient (Wildman–Crippen LogP) is 4.25. The van der Waals surface area contributed by atoms with Crippen LogP contribution in [0.3, 0.4) is 0 Å². The number of hydrogen-bond donors (Lipinski definition) is 3. The molecule has 0 spiro atoms. The number of rotatable bonds is 8. The topological polar surface area (TPSA) is 152 Å². The lowest BCUT2D eigenvalue weighted by molar-refractivity contribution is -0.245. The second-order valence-corrected chi connectivity index (χ2v) is 12.3. The van der Waals surface area contributed by atoms with Crippen LogP contribution < -0.4 is 19.7 Å². The molecule has 2 unspecified atom stereocenters. The Labute approximate surface area is 250 Å². The number of ether oxygens (including phenoxy) is 2. The average molecular weight is 682 g/mol. The third-order valence-electron chi connectivity index (χ3n) is 6.73. The summed E-state index contributed by atoms with van der Waals surface area (Å²) < 4.78 is 144. The van der Waals surface area contributed by atoms with Crippen molar-refractivity contribution in [3.05, 3.63) is 30.1 Å². The number of aliphatic hydroxyl groups is 1. The smallest absolute Gasteiger partial charge is 0.427 e. The first kappa shape index (κ1) is 35.6. The maximum Gasteiger partial charge on any atom is 0.427 e. The van der Waals surface area contributed by atoms with Gasteiger partial charge in [-0.3, -0.25) is 14.4 Å². The molecule has 2 amide bonds. The highest BCUT2D eigenvalue weighted by atomic mass is 32.2. The van der Waals surface area contributed by atoms with Crippen molar-refractivity contribution < 1.29 is 67.7 Å². The molecule has 0 saturated carbocycles. The third-order valence-corrected chi connectivity index (χ3v) is 8.73. The molecule has 0 fully saturated rings. The Balaban J connectivity index is 2.04. The van der Waals surface area contributed by atoms with Crippen molar-refractivity contribution in [1.82, 2.24) is 15.1 Å². The fraction of sp³-hybridized carbons (Fsp3) is 0.542. The number of fused-ring (bicyclic) bond motifs is 1. The molecule has 12 nitrogen and oxygen atoms in total. The van der Waals surface area contributed by atoms with Gasteiger partial charge in [-0.15, -0.1) is 0 Å². The zero-order chi connectivity index (χ0) is 34.5. The Hall–Kier alpha value is -3.88. The van der Waals surface area contributed by atoms with Crippen LogP contribution in [0.4, 0.5) is 51.3 Å². The van der Waals surface area contributed by atoms with Gasteiger partial charge in [0.15, 0.2) is 0 Å². The molecule has 0 bridgehead atoms. The van der Waals surface area contributed by atoms with E-state index in [9.17, 15) is 58.2 Å². The van der Waals surface area contributed by atoms with Crippen LogP contribution in [0.1, 0.15) is 39.9 Å². The van der Waals surface area contributed by atoms with Gasteiger partial charge in [-0.2, -0.15) is 40.2 Å². The number of aryl methyl sites for hydroxylation is 1. The van der Waals surface area contributed by atoms with Crippen LogP contribution >= 0.6 is 0 Å². The summed E-state index contributed by atoms with van der Waals surface area (Å²) in [6.45, 7) is -0.396. The lowest BCUT2D eigenvalue weighted by Gasteiger charge is -2.41. The van der Waals surface area contributed by atoms with Crippen molar-refractivity contribution in [3.8, 4) is 5.75 Å². The fourth-order valence-corrected chi connectivity index (χ4v) is 5.75. The summed E-state index contributed by atoms with van der Waals surface area (Å²) >= 11 is 0. The normalized spacial score (nSPS) is 19.0. The van der Waals surface area contributed by atoms with Crippen molar-refractivity contribution in [1.29, 1.82) is 0 Å². The average Bonchev–Trinajstić information content (AvgIpc) is 3.28. The minimum Gasteiger partial charge on any atom is -0.484 e. The number of benzene rings is 1. The summed E-state index contributed by atoms with van der Waals surface area (Å²) in [6.07, 6.45) is -12.8. The molecule has 2 aromatic rings. The molecular formula is C24H27F8N5O7S. The van der Waals surface area contributed by atoms with Gasteiger partial charge in [0.1, 0.15) is 16.7 Å². The minimum absolute atomic E-state index is 0.0571. The van der Waals surface area contributed by atoms with E-state index in [1.165, 1.54) is 6.92 Å². The molecule has 21 heteroatoms. The maximum atomic E-state index is 13.9. The lowest BCUT2D eigenvalue weighted by Crippen LogP contribution is -2.59. The Morgan fingerprint density at radius 2 is 1.71 bits per heavy atom. The standard InChI is InChI=1S/C24H27F8N5O7S/c1-11-17(10-36(35-11)19(25)26)45(41,42)37-12(2)16(9-33-18(38)22(5,40)24(30,31)32)43-15-7-6-13(8-14(15)37)34-20(39)44-21(3,4)23(27,28)29/h6-8,10,12,16,19,40H,9H2,1-5H3,(H,33,38)(H,34,39)/t12-,16?,22?/m1/s1. The predicted molar refractivity (Wildman–Crippen MR) is 138 cm³/mol. The van der Waals surface area contributed by atoms with Gasteiger partial charge in [0, 0.05) is 5.69 Å². The number of halogens is 8. The van der Waals surface area contributed by atoms with Crippen LogP contribution in [0.25, 0.3) is 0 Å². The van der Waals surface area contributed by atoms with Crippen molar-refractivity contribution in [2.75, 3.05) is 16.2 Å². The summed E-state index contributed by atoms with van der Waals surface area (Å²) in [6, 6.07) is 1.62. The molecule has 252 valence electrons. The van der Waals surface area contributed by atoms with Crippen LogP contribution in [0.15, 0.2) is 29.3 Å². The quantitative estimate of drug-likeness (QED) is 0.350. The minimum atomic E-state index is -5.37. The molecule has 1 aliphatic rings. The maximum absolute atomic E-state index is 13.9. The molecule has 45 heavy (non-hydrogen) atoms. The van der Waals surface area contributed by atoms with Crippen LogP contribution in [-0.4, -0.2) is 77.6 Å². The lowest BCUT2D eigenvalue weighted by atomic mass is 10.0. The highest BCUT2D eigenvalue weighted by Crippen LogP contribution is 2.42. The molecule has 1 aromatic carbocycles. The molecule has 3 atom stereocenters. The van der Waals surface area contributed by atoms with E-state index >= 15 is 0 Å². The Morgan fingerprint density at radius 1 is 1.11 bits per heavy atom. The molecule has 3 N–H and O–H groups in total. The van der Waals surface area contributed by atoms with E-state index in [0.717, 1.165) is 25.1 Å². The Kier molecular flexibility index (Phi) is 9.34.